The Bertz CT molecular complexity index is 468. The first kappa shape index (κ1) is 13.1. The van der Waals surface area contributed by atoms with E-state index in [0.29, 0.717) is 5.25 Å². The predicted molar refractivity (Wildman–Crippen MR) is 80.7 cm³/mol. The zero-order chi connectivity index (χ0) is 12.3. The zero-order valence-electron chi connectivity index (χ0n) is 9.47. The molecular formula is C13H14BrNS2. The van der Waals surface area contributed by atoms with Crippen LogP contribution in [-0.4, -0.2) is 6.04 Å². The molecule has 0 aliphatic rings. The fraction of sp³-hybridized carbons (Fsp3) is 0.231. The first-order valence-electron chi connectivity index (χ1n) is 5.37. The maximum atomic E-state index is 6.09. The second-order valence-electron chi connectivity index (χ2n) is 3.88. The number of thioether (sulfide) groups is 1. The number of nitrogens with two attached hydrogens (primary N) is 1. The molecule has 0 amide bonds. The molecule has 0 fully saturated rings. The summed E-state index contributed by atoms with van der Waals surface area (Å²) in [5, 5.41) is 4.59. The Morgan fingerprint density at radius 3 is 2.65 bits per heavy atom. The van der Waals surface area contributed by atoms with Crippen molar-refractivity contribution in [2.75, 3.05) is 0 Å². The van der Waals surface area contributed by atoms with Gasteiger partial charge in [-0.2, -0.15) is 11.3 Å². The molecule has 2 unspecified atom stereocenters. The molecule has 2 aromatic rings. The fourth-order valence-electron chi connectivity index (χ4n) is 1.59. The van der Waals surface area contributed by atoms with Gasteiger partial charge in [0.1, 0.15) is 0 Å². The van der Waals surface area contributed by atoms with E-state index >= 15 is 0 Å². The normalized spacial score (nSPS) is 14.5. The van der Waals surface area contributed by atoms with E-state index < -0.39 is 0 Å². The summed E-state index contributed by atoms with van der Waals surface area (Å²) in [5.74, 6) is 0. The number of rotatable bonds is 4. The van der Waals surface area contributed by atoms with Gasteiger partial charge in [0.2, 0.25) is 0 Å². The molecule has 0 saturated heterocycles. The van der Waals surface area contributed by atoms with E-state index in [-0.39, 0.29) is 6.04 Å². The lowest BCUT2D eigenvalue weighted by Gasteiger charge is -2.20. The van der Waals surface area contributed by atoms with Gasteiger partial charge in [0.15, 0.2) is 0 Å². The summed E-state index contributed by atoms with van der Waals surface area (Å²) >= 11 is 7.11. The summed E-state index contributed by atoms with van der Waals surface area (Å²) in [4.78, 5) is 1.24. The molecule has 2 atom stereocenters. The van der Waals surface area contributed by atoms with Crippen LogP contribution in [0.1, 0.15) is 17.7 Å². The lowest BCUT2D eigenvalue weighted by Crippen LogP contribution is -2.22. The number of halogens is 1. The van der Waals surface area contributed by atoms with Crippen molar-refractivity contribution < 1.29 is 0 Å². The quantitative estimate of drug-likeness (QED) is 0.824. The molecule has 90 valence electrons. The molecule has 0 radical (unpaired) electrons. The van der Waals surface area contributed by atoms with Crippen LogP contribution in [0.15, 0.2) is 50.5 Å². The van der Waals surface area contributed by atoms with Gasteiger partial charge in [0.25, 0.3) is 0 Å². The highest BCUT2D eigenvalue weighted by Gasteiger charge is 2.18. The molecule has 2 rings (SSSR count). The molecule has 0 aliphatic carbocycles. The van der Waals surface area contributed by atoms with Gasteiger partial charge < -0.3 is 5.73 Å². The van der Waals surface area contributed by atoms with E-state index in [9.17, 15) is 0 Å². The van der Waals surface area contributed by atoms with Crippen LogP contribution >= 0.6 is 39.0 Å². The number of hydrogen-bond acceptors (Lipinski definition) is 3. The minimum absolute atomic E-state index is 0.127. The van der Waals surface area contributed by atoms with Crippen molar-refractivity contribution >= 4 is 39.0 Å². The van der Waals surface area contributed by atoms with Crippen molar-refractivity contribution in [3.63, 3.8) is 0 Å². The Labute approximate surface area is 119 Å². The van der Waals surface area contributed by atoms with E-state index in [1.165, 1.54) is 10.5 Å². The highest BCUT2D eigenvalue weighted by atomic mass is 79.9. The van der Waals surface area contributed by atoms with Crippen LogP contribution in [0.25, 0.3) is 0 Å². The van der Waals surface area contributed by atoms with Crippen molar-refractivity contribution in [1.82, 2.24) is 0 Å². The minimum Gasteiger partial charge on any atom is -0.327 e. The average molecular weight is 328 g/mol. The number of benzene rings is 1. The summed E-state index contributed by atoms with van der Waals surface area (Å²) in [5.41, 5.74) is 7.41. The second kappa shape index (κ2) is 6.05. The molecule has 1 aromatic carbocycles. The Hall–Kier alpha value is -0.290. The predicted octanol–water partition coefficient (Wildman–Crippen LogP) is 4.69. The summed E-state index contributed by atoms with van der Waals surface area (Å²) in [6, 6.07) is 10.5. The van der Waals surface area contributed by atoms with Gasteiger partial charge in [-0.15, -0.1) is 11.8 Å². The molecule has 0 spiro atoms. The van der Waals surface area contributed by atoms with Crippen molar-refractivity contribution in [2.45, 2.75) is 23.1 Å². The highest BCUT2D eigenvalue weighted by molar-refractivity contribution is 9.10. The third-order valence-corrected chi connectivity index (χ3v) is 5.66. The maximum Gasteiger partial charge on any atom is 0.0501 e. The molecular weight excluding hydrogens is 314 g/mol. The third-order valence-electron chi connectivity index (χ3n) is 2.44. The van der Waals surface area contributed by atoms with Crippen molar-refractivity contribution in [1.29, 1.82) is 0 Å². The monoisotopic (exact) mass is 327 g/mol. The van der Waals surface area contributed by atoms with E-state index in [1.807, 2.05) is 17.8 Å². The zero-order valence-corrected chi connectivity index (χ0v) is 12.7. The lowest BCUT2D eigenvalue weighted by molar-refractivity contribution is 0.723. The fourth-order valence-corrected chi connectivity index (χ4v) is 4.05. The van der Waals surface area contributed by atoms with E-state index in [4.69, 9.17) is 5.73 Å². The molecule has 17 heavy (non-hydrogen) atoms. The van der Waals surface area contributed by atoms with Crippen molar-refractivity contribution in [3.8, 4) is 0 Å². The van der Waals surface area contributed by atoms with E-state index in [2.05, 4.69) is 57.9 Å². The molecule has 0 aliphatic heterocycles. The smallest absolute Gasteiger partial charge is 0.0501 e. The number of hydrogen-bond donors (Lipinski definition) is 1. The van der Waals surface area contributed by atoms with Crippen LogP contribution in [0.3, 0.4) is 0 Å². The molecule has 1 nitrogen and oxygen atoms in total. The summed E-state index contributed by atoms with van der Waals surface area (Å²) < 4.78 is 1.13. The average Bonchev–Trinajstić information content (AvgIpc) is 2.81. The molecule has 0 bridgehead atoms. The van der Waals surface area contributed by atoms with Crippen molar-refractivity contribution in [2.24, 2.45) is 5.73 Å². The van der Waals surface area contributed by atoms with Gasteiger partial charge in [-0.3, -0.25) is 0 Å². The summed E-state index contributed by atoms with van der Waals surface area (Å²) in [6.07, 6.45) is 0. The van der Waals surface area contributed by atoms with Crippen LogP contribution in [0, 0.1) is 0 Å². The van der Waals surface area contributed by atoms with Crippen LogP contribution in [0.5, 0.6) is 0 Å². The van der Waals surface area contributed by atoms with Gasteiger partial charge in [-0.05, 0) is 57.4 Å². The molecule has 2 N–H and O–H groups in total. The van der Waals surface area contributed by atoms with Gasteiger partial charge in [0.05, 0.1) is 5.25 Å². The summed E-state index contributed by atoms with van der Waals surface area (Å²) in [7, 11) is 0. The highest BCUT2D eigenvalue weighted by Crippen LogP contribution is 2.40. The van der Waals surface area contributed by atoms with E-state index in [0.717, 1.165) is 4.47 Å². The molecule has 1 heterocycles. The Kier molecular flexibility index (Phi) is 4.68. The van der Waals surface area contributed by atoms with Gasteiger partial charge >= 0.3 is 0 Å². The Morgan fingerprint density at radius 1 is 1.29 bits per heavy atom. The van der Waals surface area contributed by atoms with Gasteiger partial charge in [0, 0.05) is 15.4 Å². The standard InChI is InChI=1S/C13H14BrNS2/c1-9(15)13(10-6-7-16-8-10)17-12-5-3-2-4-11(12)14/h2-9,13H,15H2,1H3. The first-order chi connectivity index (χ1) is 8.18. The first-order valence-corrected chi connectivity index (χ1v) is 7.99. The van der Waals surface area contributed by atoms with Gasteiger partial charge in [-0.25, -0.2) is 0 Å². The molecule has 1 aromatic heterocycles. The minimum atomic E-state index is 0.127. The molecule has 0 saturated carbocycles. The Morgan fingerprint density at radius 2 is 2.06 bits per heavy atom. The van der Waals surface area contributed by atoms with Crippen LogP contribution in [0.2, 0.25) is 0 Å². The van der Waals surface area contributed by atoms with Crippen LogP contribution in [-0.2, 0) is 0 Å². The third kappa shape index (κ3) is 3.35. The van der Waals surface area contributed by atoms with Gasteiger partial charge in [-0.1, -0.05) is 12.1 Å². The van der Waals surface area contributed by atoms with Crippen LogP contribution in [0.4, 0.5) is 0 Å². The lowest BCUT2D eigenvalue weighted by atomic mass is 10.1. The Balaban J connectivity index is 2.23. The summed E-state index contributed by atoms with van der Waals surface area (Å²) in [6.45, 7) is 2.06. The van der Waals surface area contributed by atoms with Crippen molar-refractivity contribution in [3.05, 3.63) is 51.1 Å². The number of thiophene rings is 1. The second-order valence-corrected chi connectivity index (χ2v) is 6.70. The largest absolute Gasteiger partial charge is 0.327 e. The SMILES string of the molecule is CC(N)C(Sc1ccccc1Br)c1ccsc1. The molecule has 4 heteroatoms. The van der Waals surface area contributed by atoms with E-state index in [1.54, 1.807) is 11.3 Å². The maximum absolute atomic E-state index is 6.09. The topological polar surface area (TPSA) is 26.0 Å². The van der Waals surface area contributed by atoms with Crippen LogP contribution < -0.4 is 5.73 Å².